The van der Waals surface area contributed by atoms with Crippen molar-refractivity contribution < 1.29 is 4.79 Å². The maximum Gasteiger partial charge on any atom is 0.262 e. The molecule has 0 radical (unpaired) electrons. The van der Waals surface area contributed by atoms with E-state index in [9.17, 15) is 9.59 Å². The van der Waals surface area contributed by atoms with Gasteiger partial charge in [0.05, 0.1) is 16.7 Å². The maximum atomic E-state index is 13.1. The molecule has 5 nitrogen and oxygen atoms in total. The first-order chi connectivity index (χ1) is 12.4. The zero-order chi connectivity index (χ0) is 18.7. The number of aromatic nitrogens is 2. The molecule has 1 saturated carbocycles. The molecular weight excluding hydrogens is 346 g/mol. The molecule has 0 bridgehead atoms. The largest absolute Gasteiger partial charge is 0.351 e. The van der Waals surface area contributed by atoms with Crippen LogP contribution in [0, 0.1) is 0 Å². The van der Waals surface area contributed by atoms with E-state index in [4.69, 9.17) is 4.98 Å². The third kappa shape index (κ3) is 4.11. The highest BCUT2D eigenvalue weighted by atomic mass is 32.2. The second kappa shape index (κ2) is 7.82. The average molecular weight is 374 g/mol. The smallest absolute Gasteiger partial charge is 0.262 e. The average Bonchev–Trinajstić information content (AvgIpc) is 3.14. The van der Waals surface area contributed by atoms with Crippen LogP contribution in [0.3, 0.4) is 0 Å². The zero-order valence-electron chi connectivity index (χ0n) is 15.7. The molecule has 0 saturated heterocycles. The highest BCUT2D eigenvalue weighted by Crippen LogP contribution is 2.32. The van der Waals surface area contributed by atoms with Crippen molar-refractivity contribution in [3.05, 3.63) is 34.6 Å². The number of hydrogen-bond acceptors (Lipinski definition) is 4. The normalized spacial score (nSPS) is 15.5. The van der Waals surface area contributed by atoms with Gasteiger partial charge in [-0.25, -0.2) is 4.98 Å². The number of amides is 1. The Morgan fingerprint density at radius 2 is 2.00 bits per heavy atom. The van der Waals surface area contributed by atoms with E-state index >= 15 is 0 Å². The maximum absolute atomic E-state index is 13.1. The molecule has 0 unspecified atom stereocenters. The van der Waals surface area contributed by atoms with Crippen LogP contribution in [0.5, 0.6) is 0 Å². The fraction of sp³-hybridized carbons (Fsp3) is 0.550. The molecule has 2 aromatic rings. The lowest BCUT2D eigenvalue weighted by molar-refractivity contribution is -0.120. The summed E-state index contributed by atoms with van der Waals surface area (Å²) in [5.74, 6) is 0.239. The third-order valence-electron chi connectivity index (χ3n) is 5.16. The van der Waals surface area contributed by atoms with Gasteiger partial charge < -0.3 is 5.32 Å². The summed E-state index contributed by atoms with van der Waals surface area (Å²) in [6, 6.07) is 7.65. The number of nitrogens with zero attached hydrogens (tertiary/aromatic N) is 2. The Bertz CT molecular complexity index is 854. The van der Waals surface area contributed by atoms with E-state index in [1.165, 1.54) is 11.8 Å². The summed E-state index contributed by atoms with van der Waals surface area (Å²) in [7, 11) is 0. The molecule has 6 heteroatoms. The molecule has 1 aliphatic rings. The molecular formula is C20H27N3O2S. The first-order valence-electron chi connectivity index (χ1n) is 9.36. The minimum absolute atomic E-state index is 0.0132. The summed E-state index contributed by atoms with van der Waals surface area (Å²) in [6.45, 7) is 6.08. The fourth-order valence-corrected chi connectivity index (χ4v) is 4.21. The van der Waals surface area contributed by atoms with Crippen molar-refractivity contribution in [3.8, 4) is 0 Å². The molecule has 3 rings (SSSR count). The van der Waals surface area contributed by atoms with Gasteiger partial charge in [0.25, 0.3) is 5.56 Å². The Balaban J connectivity index is 1.90. The van der Waals surface area contributed by atoms with Crippen LogP contribution in [0.4, 0.5) is 0 Å². The van der Waals surface area contributed by atoms with E-state index in [1.54, 1.807) is 0 Å². The highest BCUT2D eigenvalue weighted by Gasteiger charge is 2.24. The molecule has 1 fully saturated rings. The first kappa shape index (κ1) is 19.0. The number of benzene rings is 1. The first-order valence-corrected chi connectivity index (χ1v) is 10.3. The van der Waals surface area contributed by atoms with Crippen LogP contribution in [0.25, 0.3) is 10.9 Å². The van der Waals surface area contributed by atoms with E-state index in [0.29, 0.717) is 16.1 Å². The quantitative estimate of drug-likeness (QED) is 0.616. The Labute approximate surface area is 158 Å². The fourth-order valence-electron chi connectivity index (χ4n) is 3.34. The number of fused-ring (bicyclic) bond motifs is 1. The van der Waals surface area contributed by atoms with Crippen molar-refractivity contribution in [1.29, 1.82) is 0 Å². The zero-order valence-corrected chi connectivity index (χ0v) is 16.6. The van der Waals surface area contributed by atoms with Gasteiger partial charge in [-0.1, -0.05) is 43.7 Å². The van der Waals surface area contributed by atoms with Crippen molar-refractivity contribution in [2.75, 3.05) is 5.75 Å². The number of thioether (sulfide) groups is 1. The topological polar surface area (TPSA) is 64.0 Å². The Kier molecular flexibility index (Phi) is 5.70. The second-order valence-electron chi connectivity index (χ2n) is 7.60. The molecule has 1 N–H and O–H groups in total. The van der Waals surface area contributed by atoms with Gasteiger partial charge >= 0.3 is 0 Å². The van der Waals surface area contributed by atoms with E-state index < -0.39 is 0 Å². The van der Waals surface area contributed by atoms with Gasteiger partial charge in [-0.3, -0.25) is 14.2 Å². The van der Waals surface area contributed by atoms with Crippen LogP contribution >= 0.6 is 11.8 Å². The third-order valence-corrected chi connectivity index (χ3v) is 6.11. The van der Waals surface area contributed by atoms with Crippen LogP contribution in [0.2, 0.25) is 0 Å². The van der Waals surface area contributed by atoms with Crippen LogP contribution < -0.4 is 10.9 Å². The Morgan fingerprint density at radius 3 is 2.69 bits per heavy atom. The van der Waals surface area contributed by atoms with Gasteiger partial charge in [-0.05, 0) is 45.2 Å². The van der Waals surface area contributed by atoms with Gasteiger partial charge in [-0.15, -0.1) is 0 Å². The molecule has 0 atom stereocenters. The Morgan fingerprint density at radius 1 is 1.31 bits per heavy atom. The molecule has 1 heterocycles. The molecule has 140 valence electrons. The predicted octanol–water partition coefficient (Wildman–Crippen LogP) is 3.91. The molecule has 0 aliphatic heterocycles. The Hall–Kier alpha value is -1.82. The van der Waals surface area contributed by atoms with Gasteiger partial charge in [0.2, 0.25) is 5.91 Å². The van der Waals surface area contributed by atoms with Gasteiger partial charge in [0, 0.05) is 11.6 Å². The molecule has 0 spiro atoms. The van der Waals surface area contributed by atoms with Crippen molar-refractivity contribution in [3.63, 3.8) is 0 Å². The number of carbonyl (C=O) groups excluding carboxylic acids is 1. The summed E-state index contributed by atoms with van der Waals surface area (Å²) in [6.07, 6.45) is 5.15. The minimum atomic E-state index is -0.223. The number of hydrogen-bond donors (Lipinski definition) is 1. The standard InChI is InChI=1S/C20H27N3O2S/c1-4-20(2,3)22-17(24)13-26-19-21-16-12-8-7-11-15(16)18(25)23(19)14-9-5-6-10-14/h7-8,11-12,14H,4-6,9-10,13H2,1-3H3,(H,22,24). The summed E-state index contributed by atoms with van der Waals surface area (Å²) in [5, 5.41) is 4.35. The van der Waals surface area contributed by atoms with Crippen LogP contribution in [-0.2, 0) is 4.79 Å². The highest BCUT2D eigenvalue weighted by molar-refractivity contribution is 7.99. The lowest BCUT2D eigenvalue weighted by atomic mass is 10.0. The lowest BCUT2D eigenvalue weighted by Gasteiger charge is -2.24. The number of carbonyl (C=O) groups is 1. The van der Waals surface area contributed by atoms with Gasteiger partial charge in [0.15, 0.2) is 5.16 Å². The lowest BCUT2D eigenvalue weighted by Crippen LogP contribution is -2.43. The molecule has 26 heavy (non-hydrogen) atoms. The number of para-hydroxylation sites is 1. The van der Waals surface area contributed by atoms with Crippen LogP contribution in [0.1, 0.15) is 58.9 Å². The molecule has 1 aromatic carbocycles. The molecule has 1 aromatic heterocycles. The predicted molar refractivity (Wildman–Crippen MR) is 107 cm³/mol. The van der Waals surface area contributed by atoms with E-state index in [1.807, 2.05) is 42.7 Å². The molecule has 1 amide bonds. The monoisotopic (exact) mass is 373 g/mol. The molecule has 1 aliphatic carbocycles. The summed E-state index contributed by atoms with van der Waals surface area (Å²) >= 11 is 1.36. The van der Waals surface area contributed by atoms with Gasteiger partial charge in [-0.2, -0.15) is 0 Å². The van der Waals surface area contributed by atoms with Crippen LogP contribution in [-0.4, -0.2) is 26.8 Å². The van der Waals surface area contributed by atoms with E-state index in [-0.39, 0.29) is 28.8 Å². The van der Waals surface area contributed by atoms with Crippen molar-refractivity contribution in [2.45, 2.75) is 69.6 Å². The van der Waals surface area contributed by atoms with E-state index in [2.05, 4.69) is 12.2 Å². The van der Waals surface area contributed by atoms with Crippen molar-refractivity contribution in [1.82, 2.24) is 14.9 Å². The van der Waals surface area contributed by atoms with Crippen LogP contribution in [0.15, 0.2) is 34.2 Å². The second-order valence-corrected chi connectivity index (χ2v) is 8.54. The minimum Gasteiger partial charge on any atom is -0.351 e. The van der Waals surface area contributed by atoms with Crippen molar-refractivity contribution >= 4 is 28.6 Å². The van der Waals surface area contributed by atoms with Gasteiger partial charge in [0.1, 0.15) is 0 Å². The van der Waals surface area contributed by atoms with E-state index in [0.717, 1.165) is 32.1 Å². The summed E-state index contributed by atoms with van der Waals surface area (Å²) in [5.41, 5.74) is 0.488. The SMILES string of the molecule is CCC(C)(C)NC(=O)CSc1nc2ccccc2c(=O)n1C1CCCC1. The number of rotatable bonds is 6. The summed E-state index contributed by atoms with van der Waals surface area (Å²) < 4.78 is 1.83. The summed E-state index contributed by atoms with van der Waals surface area (Å²) in [4.78, 5) is 30.1. The van der Waals surface area contributed by atoms with Crippen molar-refractivity contribution in [2.24, 2.45) is 0 Å². The number of nitrogens with one attached hydrogen (secondary N) is 1.